The van der Waals surface area contributed by atoms with Gasteiger partial charge in [0.05, 0.1) is 12.1 Å². The standard InChI is InChI=1S/C19H18F3N5O/c20-19(21,22)13-6-9-15-25-26-16(27(15)11-13)10-23-17(12-4-2-1-3-5-12)18(28)24-14-7-8-14/h1-6,9,11,14,17,23H,7-8,10H2,(H,24,28)/t17-/m0/s1. The van der Waals surface area contributed by atoms with Crippen LogP contribution in [0.2, 0.25) is 0 Å². The molecule has 1 aliphatic rings. The molecule has 1 atom stereocenters. The topological polar surface area (TPSA) is 71.3 Å². The summed E-state index contributed by atoms with van der Waals surface area (Å²) in [6, 6.07) is 11.0. The van der Waals surface area contributed by atoms with E-state index in [1.54, 1.807) is 0 Å². The Morgan fingerprint density at radius 1 is 1.14 bits per heavy atom. The van der Waals surface area contributed by atoms with Gasteiger partial charge in [-0.3, -0.25) is 14.5 Å². The average Bonchev–Trinajstić information content (AvgIpc) is 3.39. The summed E-state index contributed by atoms with van der Waals surface area (Å²) in [5.41, 5.74) is 0.293. The lowest BCUT2D eigenvalue weighted by Gasteiger charge is -2.18. The van der Waals surface area contributed by atoms with Gasteiger partial charge in [-0.2, -0.15) is 13.2 Å². The van der Waals surface area contributed by atoms with Crippen LogP contribution in [-0.2, 0) is 17.5 Å². The van der Waals surface area contributed by atoms with Gasteiger partial charge in [-0.15, -0.1) is 10.2 Å². The minimum Gasteiger partial charge on any atom is -0.352 e. The number of benzene rings is 1. The molecule has 2 aromatic heterocycles. The van der Waals surface area contributed by atoms with Crippen LogP contribution in [-0.4, -0.2) is 26.5 Å². The summed E-state index contributed by atoms with van der Waals surface area (Å²) in [6.07, 6.45) is -1.57. The van der Waals surface area contributed by atoms with Gasteiger partial charge in [-0.05, 0) is 30.5 Å². The molecule has 1 amide bonds. The highest BCUT2D eigenvalue weighted by molar-refractivity contribution is 5.83. The number of hydrogen-bond acceptors (Lipinski definition) is 4. The van der Waals surface area contributed by atoms with Crippen molar-refractivity contribution in [3.05, 3.63) is 65.6 Å². The molecule has 0 radical (unpaired) electrons. The van der Waals surface area contributed by atoms with Gasteiger partial charge < -0.3 is 5.32 Å². The Labute approximate surface area is 158 Å². The molecule has 2 heterocycles. The fourth-order valence-corrected chi connectivity index (χ4v) is 2.94. The van der Waals surface area contributed by atoms with E-state index in [4.69, 9.17) is 0 Å². The molecule has 0 aliphatic heterocycles. The third-order valence-corrected chi connectivity index (χ3v) is 4.58. The van der Waals surface area contributed by atoms with Crippen LogP contribution in [0, 0.1) is 0 Å². The maximum atomic E-state index is 13.0. The quantitative estimate of drug-likeness (QED) is 0.680. The lowest BCUT2D eigenvalue weighted by Crippen LogP contribution is -2.38. The molecule has 1 saturated carbocycles. The summed E-state index contributed by atoms with van der Waals surface area (Å²) in [6.45, 7) is 0.0835. The normalized spacial score (nSPS) is 15.5. The van der Waals surface area contributed by atoms with E-state index in [1.165, 1.54) is 10.5 Å². The molecule has 2 N–H and O–H groups in total. The van der Waals surface area contributed by atoms with Gasteiger partial charge in [0.25, 0.3) is 0 Å². The molecular weight excluding hydrogens is 371 g/mol. The maximum Gasteiger partial charge on any atom is 0.417 e. The minimum atomic E-state index is -4.46. The zero-order valence-corrected chi connectivity index (χ0v) is 14.8. The number of rotatable bonds is 6. The molecule has 0 spiro atoms. The first kappa shape index (κ1) is 18.4. The van der Waals surface area contributed by atoms with Crippen molar-refractivity contribution in [1.29, 1.82) is 0 Å². The first-order valence-corrected chi connectivity index (χ1v) is 8.91. The number of pyridine rings is 1. The molecule has 6 nitrogen and oxygen atoms in total. The molecule has 0 saturated heterocycles. The summed E-state index contributed by atoms with van der Waals surface area (Å²) in [5.74, 6) is 0.125. The van der Waals surface area contributed by atoms with E-state index < -0.39 is 17.8 Å². The van der Waals surface area contributed by atoms with Crippen LogP contribution in [0.1, 0.15) is 35.8 Å². The Balaban J connectivity index is 1.57. The number of nitrogens with one attached hydrogen (secondary N) is 2. The molecule has 1 aliphatic carbocycles. The number of carbonyl (C=O) groups is 1. The van der Waals surface area contributed by atoms with E-state index in [-0.39, 0.29) is 18.5 Å². The second-order valence-corrected chi connectivity index (χ2v) is 6.77. The number of amides is 1. The van der Waals surface area contributed by atoms with Gasteiger partial charge in [0.1, 0.15) is 6.04 Å². The second-order valence-electron chi connectivity index (χ2n) is 6.77. The highest BCUT2D eigenvalue weighted by Crippen LogP contribution is 2.29. The molecule has 0 unspecified atom stereocenters. The first-order valence-electron chi connectivity index (χ1n) is 8.91. The second kappa shape index (κ2) is 7.23. The molecule has 1 aromatic carbocycles. The number of carbonyl (C=O) groups excluding carboxylic acids is 1. The maximum absolute atomic E-state index is 13.0. The van der Waals surface area contributed by atoms with Crippen LogP contribution in [0.15, 0.2) is 48.7 Å². The van der Waals surface area contributed by atoms with Crippen molar-refractivity contribution in [1.82, 2.24) is 25.2 Å². The van der Waals surface area contributed by atoms with Crippen molar-refractivity contribution in [2.24, 2.45) is 0 Å². The van der Waals surface area contributed by atoms with Gasteiger partial charge >= 0.3 is 6.18 Å². The molecular formula is C19H18F3N5O. The van der Waals surface area contributed by atoms with Gasteiger partial charge in [-0.25, -0.2) is 0 Å². The highest BCUT2D eigenvalue weighted by atomic mass is 19.4. The number of alkyl halides is 3. The number of fused-ring (bicyclic) bond motifs is 1. The first-order chi connectivity index (χ1) is 13.4. The molecule has 4 rings (SSSR count). The van der Waals surface area contributed by atoms with Crippen molar-refractivity contribution in [2.45, 2.75) is 37.6 Å². The third kappa shape index (κ3) is 3.99. The van der Waals surface area contributed by atoms with Crippen LogP contribution < -0.4 is 10.6 Å². The average molecular weight is 389 g/mol. The monoisotopic (exact) mass is 389 g/mol. The lowest BCUT2D eigenvalue weighted by molar-refractivity contribution is -0.137. The van der Waals surface area contributed by atoms with Crippen LogP contribution in [0.3, 0.4) is 0 Å². The summed E-state index contributed by atoms with van der Waals surface area (Å²) < 4.78 is 40.3. The van der Waals surface area contributed by atoms with Gasteiger partial charge in [0.15, 0.2) is 11.5 Å². The van der Waals surface area contributed by atoms with Gasteiger partial charge in [0, 0.05) is 12.2 Å². The SMILES string of the molecule is O=C(NC1CC1)[C@@H](NCc1nnc2ccc(C(F)(F)F)cn12)c1ccccc1. The fourth-order valence-electron chi connectivity index (χ4n) is 2.94. The fraction of sp³-hybridized carbons (Fsp3) is 0.316. The number of hydrogen-bond donors (Lipinski definition) is 2. The van der Waals surface area contributed by atoms with Crippen LogP contribution in [0.25, 0.3) is 5.65 Å². The van der Waals surface area contributed by atoms with Crippen molar-refractivity contribution >= 4 is 11.6 Å². The zero-order chi connectivity index (χ0) is 19.7. The molecule has 3 aromatic rings. The zero-order valence-electron chi connectivity index (χ0n) is 14.8. The number of halogens is 3. The smallest absolute Gasteiger partial charge is 0.352 e. The molecule has 0 bridgehead atoms. The van der Waals surface area contributed by atoms with Crippen molar-refractivity contribution < 1.29 is 18.0 Å². The van der Waals surface area contributed by atoms with Crippen LogP contribution in [0.4, 0.5) is 13.2 Å². The molecule has 28 heavy (non-hydrogen) atoms. The predicted molar refractivity (Wildman–Crippen MR) is 95.2 cm³/mol. The lowest BCUT2D eigenvalue weighted by atomic mass is 10.1. The summed E-state index contributed by atoms with van der Waals surface area (Å²) >= 11 is 0. The number of nitrogens with zero attached hydrogens (tertiary/aromatic N) is 3. The Morgan fingerprint density at radius 3 is 2.57 bits per heavy atom. The molecule has 146 valence electrons. The van der Waals surface area contributed by atoms with E-state index in [2.05, 4.69) is 20.8 Å². The van der Waals surface area contributed by atoms with Crippen LogP contribution >= 0.6 is 0 Å². The third-order valence-electron chi connectivity index (χ3n) is 4.58. The largest absolute Gasteiger partial charge is 0.417 e. The van der Waals surface area contributed by atoms with Crippen molar-refractivity contribution in [2.75, 3.05) is 0 Å². The summed E-state index contributed by atoms with van der Waals surface area (Å²) in [5, 5.41) is 13.9. The van der Waals surface area contributed by atoms with E-state index >= 15 is 0 Å². The van der Waals surface area contributed by atoms with E-state index in [0.717, 1.165) is 30.7 Å². The Kier molecular flexibility index (Phi) is 4.76. The van der Waals surface area contributed by atoms with E-state index in [9.17, 15) is 18.0 Å². The predicted octanol–water partition coefficient (Wildman–Crippen LogP) is 2.86. The van der Waals surface area contributed by atoms with Gasteiger partial charge in [-0.1, -0.05) is 30.3 Å². The highest BCUT2D eigenvalue weighted by Gasteiger charge is 2.31. The van der Waals surface area contributed by atoms with Gasteiger partial charge in [0.2, 0.25) is 5.91 Å². The Hall–Kier alpha value is -2.94. The minimum absolute atomic E-state index is 0.0835. The molecule has 1 fully saturated rings. The number of aromatic nitrogens is 3. The van der Waals surface area contributed by atoms with E-state index in [0.29, 0.717) is 11.5 Å². The van der Waals surface area contributed by atoms with Crippen LogP contribution in [0.5, 0.6) is 0 Å². The van der Waals surface area contributed by atoms with E-state index in [1.807, 2.05) is 30.3 Å². The molecule has 9 heteroatoms. The Morgan fingerprint density at radius 2 is 1.89 bits per heavy atom. The summed E-state index contributed by atoms with van der Waals surface area (Å²) in [7, 11) is 0. The summed E-state index contributed by atoms with van der Waals surface area (Å²) in [4.78, 5) is 12.6. The Bertz CT molecular complexity index is 982. The van der Waals surface area contributed by atoms with Crippen molar-refractivity contribution in [3.63, 3.8) is 0 Å². The van der Waals surface area contributed by atoms with Crippen molar-refractivity contribution in [3.8, 4) is 0 Å².